The second kappa shape index (κ2) is 6.85. The summed E-state index contributed by atoms with van der Waals surface area (Å²) in [6.07, 6.45) is 1.78. The molecule has 0 fully saturated rings. The zero-order chi connectivity index (χ0) is 19.9. The summed E-state index contributed by atoms with van der Waals surface area (Å²) in [6, 6.07) is 15.1. The van der Waals surface area contributed by atoms with Gasteiger partial charge in [-0.2, -0.15) is 0 Å². The maximum absolute atomic E-state index is 13.7. The van der Waals surface area contributed by atoms with Crippen LogP contribution in [-0.4, -0.2) is 22.5 Å². The first kappa shape index (κ1) is 18.3. The monoisotopic (exact) mass is 396 g/mol. The van der Waals surface area contributed by atoms with Gasteiger partial charge in [0, 0.05) is 23.3 Å². The third kappa shape index (κ3) is 3.08. The van der Waals surface area contributed by atoms with Crippen LogP contribution in [0.3, 0.4) is 0 Å². The molecule has 0 amide bonds. The number of aliphatic hydroxyl groups is 1. The lowest BCUT2D eigenvalue weighted by atomic mass is 10.1. The minimum absolute atomic E-state index is 0.0829. The summed E-state index contributed by atoms with van der Waals surface area (Å²) in [5, 5.41) is 11.3. The Morgan fingerprint density at radius 3 is 2.50 bits per heavy atom. The van der Waals surface area contributed by atoms with E-state index in [4.69, 9.17) is 0 Å². The van der Waals surface area contributed by atoms with Crippen LogP contribution in [0.5, 0.6) is 0 Å². The highest BCUT2D eigenvalue weighted by atomic mass is 32.2. The summed E-state index contributed by atoms with van der Waals surface area (Å²) in [5.41, 5.74) is 1.77. The molecule has 0 aliphatic rings. The van der Waals surface area contributed by atoms with Crippen molar-refractivity contribution in [1.82, 2.24) is 8.96 Å². The summed E-state index contributed by atoms with van der Waals surface area (Å²) in [6.45, 7) is 1.86. The van der Waals surface area contributed by atoms with Gasteiger partial charge in [-0.05, 0) is 49.4 Å². The number of rotatable bonds is 4. The minimum atomic E-state index is -4.02. The molecule has 0 saturated carbocycles. The molecule has 4 rings (SSSR count). The Bertz CT molecular complexity index is 1250. The van der Waals surface area contributed by atoms with Crippen molar-refractivity contribution < 1.29 is 17.9 Å². The number of nitrogens with zero attached hydrogens (tertiary/aromatic N) is 2. The van der Waals surface area contributed by atoms with E-state index >= 15 is 0 Å². The van der Waals surface area contributed by atoms with Crippen LogP contribution in [0.2, 0.25) is 0 Å². The normalized spacial score (nSPS) is 13.0. The van der Waals surface area contributed by atoms with Gasteiger partial charge in [-0.25, -0.2) is 16.8 Å². The quantitative estimate of drug-likeness (QED) is 0.570. The average molecular weight is 396 g/mol. The molecule has 0 spiro atoms. The van der Waals surface area contributed by atoms with Crippen LogP contribution in [-0.2, 0) is 10.0 Å². The molecule has 1 atom stereocenters. The van der Waals surface area contributed by atoms with Gasteiger partial charge < -0.3 is 5.11 Å². The molecular weight excluding hydrogens is 379 g/mol. The van der Waals surface area contributed by atoms with E-state index in [1.807, 2.05) is 6.92 Å². The van der Waals surface area contributed by atoms with Crippen LogP contribution in [0.25, 0.3) is 10.9 Å². The Kier molecular flexibility index (Phi) is 4.49. The lowest BCUT2D eigenvalue weighted by Gasteiger charge is -2.16. The molecule has 4 aromatic rings. The van der Waals surface area contributed by atoms with Crippen molar-refractivity contribution in [1.29, 1.82) is 0 Å². The van der Waals surface area contributed by atoms with E-state index in [1.165, 1.54) is 42.6 Å². The summed E-state index contributed by atoms with van der Waals surface area (Å²) >= 11 is 0. The lowest BCUT2D eigenvalue weighted by Crippen LogP contribution is -2.18. The van der Waals surface area contributed by atoms with Crippen molar-refractivity contribution in [3.63, 3.8) is 0 Å². The molecule has 0 bridgehead atoms. The Balaban J connectivity index is 1.99. The molecule has 5 nitrogen and oxygen atoms in total. The van der Waals surface area contributed by atoms with Gasteiger partial charge in [-0.3, -0.25) is 4.98 Å². The fraction of sp³-hybridized carbons (Fsp3) is 0.0952. The summed E-state index contributed by atoms with van der Waals surface area (Å²) < 4.78 is 41.6. The number of halogens is 1. The number of fused-ring (bicyclic) bond motifs is 1. The lowest BCUT2D eigenvalue weighted by molar-refractivity contribution is 0.214. The number of hydrogen-bond acceptors (Lipinski definition) is 4. The van der Waals surface area contributed by atoms with Crippen molar-refractivity contribution in [3.05, 3.63) is 95.7 Å². The van der Waals surface area contributed by atoms with Crippen molar-refractivity contribution in [3.8, 4) is 0 Å². The van der Waals surface area contributed by atoms with Crippen LogP contribution >= 0.6 is 0 Å². The fourth-order valence-corrected chi connectivity index (χ4v) is 4.71. The molecule has 0 aliphatic heterocycles. The molecule has 0 radical (unpaired) electrons. The van der Waals surface area contributed by atoms with Crippen LogP contribution in [0.4, 0.5) is 4.39 Å². The van der Waals surface area contributed by atoms with Gasteiger partial charge in [0.1, 0.15) is 11.9 Å². The molecular formula is C21H17FN2O3S. The average Bonchev–Trinajstić information content (AvgIpc) is 3.07. The highest BCUT2D eigenvalue weighted by Crippen LogP contribution is 2.32. The molecule has 2 aromatic carbocycles. The van der Waals surface area contributed by atoms with E-state index in [0.29, 0.717) is 16.5 Å². The zero-order valence-corrected chi connectivity index (χ0v) is 15.8. The fourth-order valence-electron chi connectivity index (χ4n) is 3.17. The predicted octanol–water partition coefficient (Wildman–Crippen LogP) is 3.80. The topological polar surface area (TPSA) is 72.2 Å². The largest absolute Gasteiger partial charge is 0.382 e. The van der Waals surface area contributed by atoms with Crippen molar-refractivity contribution >= 4 is 20.9 Å². The maximum Gasteiger partial charge on any atom is 0.268 e. The Morgan fingerprint density at radius 2 is 1.82 bits per heavy atom. The Labute approximate surface area is 161 Å². The number of benzene rings is 2. The molecule has 1 N–H and O–H groups in total. The van der Waals surface area contributed by atoms with Crippen LogP contribution in [0, 0.1) is 12.7 Å². The third-order valence-electron chi connectivity index (χ3n) is 4.59. The van der Waals surface area contributed by atoms with Gasteiger partial charge in [0.2, 0.25) is 0 Å². The van der Waals surface area contributed by atoms with Crippen molar-refractivity contribution in [2.45, 2.75) is 17.9 Å². The number of aryl methyl sites for hydroxylation is 1. The molecule has 2 aromatic heterocycles. The van der Waals surface area contributed by atoms with Gasteiger partial charge in [0.05, 0.1) is 16.1 Å². The first-order valence-electron chi connectivity index (χ1n) is 8.59. The van der Waals surface area contributed by atoms with Gasteiger partial charge in [-0.15, -0.1) is 0 Å². The van der Waals surface area contributed by atoms with E-state index in [9.17, 15) is 17.9 Å². The van der Waals surface area contributed by atoms with Crippen molar-refractivity contribution in [2.75, 3.05) is 0 Å². The first-order chi connectivity index (χ1) is 13.4. The van der Waals surface area contributed by atoms with Gasteiger partial charge >= 0.3 is 0 Å². The zero-order valence-electron chi connectivity index (χ0n) is 14.9. The smallest absolute Gasteiger partial charge is 0.268 e. The van der Waals surface area contributed by atoms with Gasteiger partial charge in [0.15, 0.2) is 0 Å². The highest BCUT2D eigenvalue weighted by Gasteiger charge is 2.27. The predicted molar refractivity (Wildman–Crippen MR) is 104 cm³/mol. The molecule has 0 aliphatic carbocycles. The summed E-state index contributed by atoms with van der Waals surface area (Å²) in [5.74, 6) is -0.486. The van der Waals surface area contributed by atoms with Crippen LogP contribution < -0.4 is 0 Å². The molecule has 2 heterocycles. The summed E-state index contributed by atoms with van der Waals surface area (Å²) in [4.78, 5) is 4.06. The molecule has 1 unspecified atom stereocenters. The van der Waals surface area contributed by atoms with Crippen molar-refractivity contribution in [2.24, 2.45) is 0 Å². The second-order valence-electron chi connectivity index (χ2n) is 6.54. The Morgan fingerprint density at radius 1 is 1.07 bits per heavy atom. The molecule has 7 heteroatoms. The van der Waals surface area contributed by atoms with E-state index in [1.54, 1.807) is 30.5 Å². The number of aromatic nitrogens is 2. The maximum atomic E-state index is 13.7. The van der Waals surface area contributed by atoms with Gasteiger partial charge in [0.25, 0.3) is 10.0 Å². The first-order valence-corrected chi connectivity index (χ1v) is 10.0. The summed E-state index contributed by atoms with van der Waals surface area (Å²) in [7, 11) is -4.02. The van der Waals surface area contributed by atoms with E-state index in [2.05, 4.69) is 4.98 Å². The molecule has 142 valence electrons. The van der Waals surface area contributed by atoms with E-state index in [-0.39, 0.29) is 10.6 Å². The van der Waals surface area contributed by atoms with Crippen LogP contribution in [0.1, 0.15) is 22.9 Å². The van der Waals surface area contributed by atoms with E-state index in [0.717, 1.165) is 9.54 Å². The third-order valence-corrected chi connectivity index (χ3v) is 6.34. The number of pyridine rings is 1. The van der Waals surface area contributed by atoms with Crippen LogP contribution in [0.15, 0.2) is 78.0 Å². The molecule has 0 saturated heterocycles. The number of aliphatic hydroxyl groups excluding tert-OH is 1. The minimum Gasteiger partial charge on any atom is -0.382 e. The number of hydrogen-bond donors (Lipinski definition) is 1. The standard InChI is InChI=1S/C21H17FN2O3S/c1-14-4-7-18(8-5-14)28(26,27)24-19-9-6-17(22)11-16(19)12-20(24)21(25)15-3-2-10-23-13-15/h2-13,21,25H,1H3. The molecule has 28 heavy (non-hydrogen) atoms. The van der Waals surface area contributed by atoms with Gasteiger partial charge in [-0.1, -0.05) is 23.8 Å². The van der Waals surface area contributed by atoms with E-state index < -0.39 is 21.9 Å². The SMILES string of the molecule is Cc1ccc(S(=O)(=O)n2c(C(O)c3cccnc3)cc3cc(F)ccc32)cc1. The Hall–Kier alpha value is -3.03. The highest BCUT2D eigenvalue weighted by molar-refractivity contribution is 7.90. The second-order valence-corrected chi connectivity index (χ2v) is 8.33.